The second kappa shape index (κ2) is 12.4. The fraction of sp³-hybridized carbons (Fsp3) is 0.265. The van der Waals surface area contributed by atoms with Gasteiger partial charge < -0.3 is 25.3 Å². The van der Waals surface area contributed by atoms with Crippen LogP contribution in [-0.2, 0) is 11.3 Å². The number of imidazole rings is 2. The van der Waals surface area contributed by atoms with Crippen molar-refractivity contribution in [2.75, 3.05) is 6.54 Å². The maximum Gasteiger partial charge on any atom is 0.408 e. The topological polar surface area (TPSA) is 108 Å². The number of benzene rings is 3. The lowest BCUT2D eigenvalue weighted by atomic mass is 10.0. The van der Waals surface area contributed by atoms with Crippen LogP contribution in [0.5, 0.6) is 0 Å². The van der Waals surface area contributed by atoms with E-state index >= 15 is 0 Å². The van der Waals surface area contributed by atoms with Crippen molar-refractivity contribution in [3.05, 3.63) is 108 Å². The van der Waals surface area contributed by atoms with E-state index in [-0.39, 0.29) is 18.6 Å². The summed E-state index contributed by atoms with van der Waals surface area (Å²) in [5.41, 5.74) is 7.29. The first-order chi connectivity index (χ1) is 20.5. The minimum atomic E-state index is -0.468. The third-order valence-electron chi connectivity index (χ3n) is 7.75. The lowest BCUT2D eigenvalue weighted by molar-refractivity contribution is 0.132. The van der Waals surface area contributed by atoms with E-state index in [9.17, 15) is 4.79 Å². The van der Waals surface area contributed by atoms with Crippen molar-refractivity contribution in [3.8, 4) is 33.6 Å². The number of hydrogen-bond acceptors (Lipinski definition) is 5. The Balaban J connectivity index is 1.09. The summed E-state index contributed by atoms with van der Waals surface area (Å²) in [6.45, 7) is 5.36. The molecular formula is C34H36N6O2. The summed E-state index contributed by atoms with van der Waals surface area (Å²) in [6.07, 6.45) is 5.58. The van der Waals surface area contributed by atoms with Gasteiger partial charge in [0.25, 0.3) is 0 Å². The van der Waals surface area contributed by atoms with Crippen LogP contribution in [0.15, 0.2) is 91.3 Å². The van der Waals surface area contributed by atoms with Gasteiger partial charge in [-0.3, -0.25) is 0 Å². The lowest BCUT2D eigenvalue weighted by Crippen LogP contribution is -2.32. The largest absolute Gasteiger partial charge is 0.445 e. The number of aromatic nitrogens is 4. The van der Waals surface area contributed by atoms with E-state index in [4.69, 9.17) is 4.74 Å². The molecule has 1 unspecified atom stereocenters. The zero-order valence-corrected chi connectivity index (χ0v) is 23.9. The van der Waals surface area contributed by atoms with E-state index in [1.54, 1.807) is 0 Å². The fourth-order valence-corrected chi connectivity index (χ4v) is 5.35. The molecule has 42 heavy (non-hydrogen) atoms. The zero-order valence-electron chi connectivity index (χ0n) is 23.9. The molecule has 3 aromatic carbocycles. The molecule has 0 radical (unpaired) electrons. The normalized spacial score (nSPS) is 15.5. The first kappa shape index (κ1) is 27.5. The Bertz CT molecular complexity index is 1600. The van der Waals surface area contributed by atoms with Crippen LogP contribution in [0.25, 0.3) is 33.6 Å². The molecule has 0 bridgehead atoms. The van der Waals surface area contributed by atoms with Crippen LogP contribution in [0.3, 0.4) is 0 Å². The molecule has 0 saturated carbocycles. The van der Waals surface area contributed by atoms with Crippen LogP contribution in [0, 0.1) is 5.92 Å². The monoisotopic (exact) mass is 560 g/mol. The van der Waals surface area contributed by atoms with Gasteiger partial charge in [0.05, 0.1) is 35.9 Å². The van der Waals surface area contributed by atoms with Crippen molar-refractivity contribution in [1.29, 1.82) is 0 Å². The number of ether oxygens (including phenoxy) is 1. The fourth-order valence-electron chi connectivity index (χ4n) is 5.35. The average molecular weight is 561 g/mol. The molecule has 1 aliphatic rings. The minimum Gasteiger partial charge on any atom is -0.445 e. The molecule has 5 aromatic rings. The van der Waals surface area contributed by atoms with Crippen LogP contribution in [0.4, 0.5) is 4.79 Å². The number of rotatable bonds is 9. The van der Waals surface area contributed by atoms with Crippen LogP contribution in [0.2, 0.25) is 0 Å². The van der Waals surface area contributed by atoms with Gasteiger partial charge in [0.2, 0.25) is 0 Å². The number of nitrogens with one attached hydrogen (secondary N) is 4. The third kappa shape index (κ3) is 6.29. The number of amides is 1. The van der Waals surface area contributed by atoms with Crippen LogP contribution < -0.4 is 10.6 Å². The number of aromatic amines is 2. The SMILES string of the molecule is CC(C)[C@H](NC(=O)OCc1ccccc1)c1ncc(-c2ccc(-c3ccc(-c4cnc(C5CCCN5)[nH]4)cc3)cc2)[nH]1. The molecule has 214 valence electrons. The molecule has 2 atom stereocenters. The molecule has 1 aliphatic heterocycles. The molecule has 1 amide bonds. The van der Waals surface area contributed by atoms with Gasteiger partial charge in [-0.2, -0.15) is 0 Å². The number of nitrogens with zero attached hydrogens (tertiary/aromatic N) is 2. The summed E-state index contributed by atoms with van der Waals surface area (Å²) in [7, 11) is 0. The summed E-state index contributed by atoms with van der Waals surface area (Å²) in [4.78, 5) is 28.6. The van der Waals surface area contributed by atoms with Gasteiger partial charge in [0.1, 0.15) is 18.3 Å². The number of H-pyrrole nitrogens is 2. The maximum atomic E-state index is 12.5. The van der Waals surface area contributed by atoms with Gasteiger partial charge in [-0.25, -0.2) is 14.8 Å². The highest BCUT2D eigenvalue weighted by atomic mass is 16.5. The second-order valence-electron chi connectivity index (χ2n) is 11.1. The Hall–Kier alpha value is -4.69. The Morgan fingerprint density at radius 3 is 2.10 bits per heavy atom. The van der Waals surface area contributed by atoms with E-state index in [0.29, 0.717) is 11.9 Å². The van der Waals surface area contributed by atoms with Crippen molar-refractivity contribution in [1.82, 2.24) is 30.6 Å². The summed E-state index contributed by atoms with van der Waals surface area (Å²) in [6, 6.07) is 26.6. The molecule has 8 heteroatoms. The number of carbonyl (C=O) groups is 1. The van der Waals surface area contributed by atoms with E-state index in [1.165, 1.54) is 6.42 Å². The van der Waals surface area contributed by atoms with Crippen LogP contribution >= 0.6 is 0 Å². The van der Waals surface area contributed by atoms with Gasteiger partial charge in [-0.15, -0.1) is 0 Å². The highest BCUT2D eigenvalue weighted by Gasteiger charge is 2.23. The summed E-state index contributed by atoms with van der Waals surface area (Å²) < 4.78 is 5.43. The maximum absolute atomic E-state index is 12.5. The molecule has 0 aliphatic carbocycles. The van der Waals surface area contributed by atoms with E-state index < -0.39 is 6.09 Å². The van der Waals surface area contributed by atoms with Crippen LogP contribution in [-0.4, -0.2) is 32.6 Å². The molecule has 8 nitrogen and oxygen atoms in total. The molecule has 2 aromatic heterocycles. The van der Waals surface area contributed by atoms with Crippen molar-refractivity contribution in [2.45, 2.75) is 45.4 Å². The first-order valence-electron chi connectivity index (χ1n) is 14.5. The third-order valence-corrected chi connectivity index (χ3v) is 7.75. The molecular weight excluding hydrogens is 524 g/mol. The van der Waals surface area contributed by atoms with Gasteiger partial charge in [-0.05, 0) is 53.1 Å². The predicted octanol–water partition coefficient (Wildman–Crippen LogP) is 7.18. The standard InChI is InChI=1S/C34H36N6O2/c1-22(2)31(40-34(41)42-21-23-7-4-3-5-8-23)33-37-20-30(39-33)27-16-12-25(13-17-27)24-10-14-26(15-11-24)29-19-36-32(38-29)28-9-6-18-35-28/h3-5,7-8,10-17,19-20,22,28,31,35H,6,9,18,21H2,1-2H3,(H,36,38)(H,37,39)(H,40,41)/t28?,31-/m0/s1. The predicted molar refractivity (Wildman–Crippen MR) is 164 cm³/mol. The van der Waals surface area contributed by atoms with E-state index in [0.717, 1.165) is 58.0 Å². The highest BCUT2D eigenvalue weighted by molar-refractivity contribution is 5.71. The Kier molecular flexibility index (Phi) is 8.14. The van der Waals surface area contributed by atoms with Gasteiger partial charge in [-0.1, -0.05) is 92.7 Å². The van der Waals surface area contributed by atoms with Gasteiger partial charge >= 0.3 is 6.09 Å². The van der Waals surface area contributed by atoms with E-state index in [2.05, 4.69) is 79.1 Å². The minimum absolute atomic E-state index is 0.117. The van der Waals surface area contributed by atoms with E-state index in [1.807, 2.05) is 56.6 Å². The summed E-state index contributed by atoms with van der Waals surface area (Å²) in [5, 5.41) is 6.46. The molecule has 4 N–H and O–H groups in total. The Morgan fingerprint density at radius 1 is 0.857 bits per heavy atom. The number of alkyl carbamates (subject to hydrolysis) is 1. The Labute approximate surface area is 246 Å². The summed E-state index contributed by atoms with van der Waals surface area (Å²) >= 11 is 0. The zero-order chi connectivity index (χ0) is 28.9. The van der Waals surface area contributed by atoms with Gasteiger partial charge in [0.15, 0.2) is 0 Å². The van der Waals surface area contributed by atoms with Crippen molar-refractivity contribution in [2.24, 2.45) is 5.92 Å². The quantitative estimate of drug-likeness (QED) is 0.153. The van der Waals surface area contributed by atoms with Crippen molar-refractivity contribution in [3.63, 3.8) is 0 Å². The average Bonchev–Trinajstić information content (AvgIpc) is 3.82. The number of hydrogen-bond donors (Lipinski definition) is 4. The van der Waals surface area contributed by atoms with Crippen molar-refractivity contribution >= 4 is 6.09 Å². The highest BCUT2D eigenvalue weighted by Crippen LogP contribution is 2.29. The molecule has 3 heterocycles. The lowest BCUT2D eigenvalue weighted by Gasteiger charge is -2.20. The molecule has 0 spiro atoms. The first-order valence-corrected chi connectivity index (χ1v) is 14.5. The molecule has 1 fully saturated rings. The Morgan fingerprint density at radius 2 is 1.48 bits per heavy atom. The van der Waals surface area contributed by atoms with Crippen molar-refractivity contribution < 1.29 is 9.53 Å². The molecule has 1 saturated heterocycles. The van der Waals surface area contributed by atoms with Gasteiger partial charge in [0, 0.05) is 0 Å². The second-order valence-corrected chi connectivity index (χ2v) is 11.1. The summed E-state index contributed by atoms with van der Waals surface area (Å²) in [5.74, 6) is 1.83. The number of carbonyl (C=O) groups excluding carboxylic acids is 1. The smallest absolute Gasteiger partial charge is 0.408 e. The molecule has 6 rings (SSSR count). The van der Waals surface area contributed by atoms with Crippen LogP contribution in [0.1, 0.15) is 56.0 Å².